The standard InChI is InChI=1S/C15H20N4O4/c1-4-13-17-9(2)14(23-13)15(20)18-11-7-21-8-12(11)22-10-5-16-19(3)6-10/h5-6,11-12H,4,7-8H2,1-3H3,(H,18,20)/t11-,12+/m0/s1. The molecule has 124 valence electrons. The summed E-state index contributed by atoms with van der Waals surface area (Å²) >= 11 is 0. The number of carbonyl (C=O) groups is 1. The lowest BCUT2D eigenvalue weighted by Crippen LogP contribution is -2.45. The second kappa shape index (κ2) is 6.41. The zero-order valence-corrected chi connectivity index (χ0v) is 13.4. The Balaban J connectivity index is 1.65. The van der Waals surface area contributed by atoms with Gasteiger partial charge in [0.2, 0.25) is 5.76 Å². The van der Waals surface area contributed by atoms with Crippen molar-refractivity contribution in [2.75, 3.05) is 13.2 Å². The highest BCUT2D eigenvalue weighted by molar-refractivity contribution is 5.92. The number of ether oxygens (including phenoxy) is 2. The summed E-state index contributed by atoms with van der Waals surface area (Å²) in [6, 6.07) is -0.253. The predicted octanol–water partition coefficient (Wildman–Crippen LogP) is 0.855. The summed E-state index contributed by atoms with van der Waals surface area (Å²) in [6.45, 7) is 4.49. The van der Waals surface area contributed by atoms with E-state index in [0.29, 0.717) is 37.0 Å². The molecule has 1 fully saturated rings. The van der Waals surface area contributed by atoms with Crippen LogP contribution in [0.1, 0.15) is 29.1 Å². The summed E-state index contributed by atoms with van der Waals surface area (Å²) in [4.78, 5) is 16.6. The normalized spacial score (nSPS) is 20.7. The number of hydrogen-bond donors (Lipinski definition) is 1. The highest BCUT2D eigenvalue weighted by atomic mass is 16.5. The third kappa shape index (κ3) is 3.37. The Kier molecular flexibility index (Phi) is 4.33. The van der Waals surface area contributed by atoms with E-state index in [-0.39, 0.29) is 23.8 Å². The second-order valence-corrected chi connectivity index (χ2v) is 5.50. The molecule has 0 radical (unpaired) electrons. The Morgan fingerprint density at radius 1 is 1.52 bits per heavy atom. The van der Waals surface area contributed by atoms with Gasteiger partial charge in [-0.15, -0.1) is 0 Å². The number of hydrogen-bond acceptors (Lipinski definition) is 6. The lowest BCUT2D eigenvalue weighted by Gasteiger charge is -2.19. The summed E-state index contributed by atoms with van der Waals surface area (Å²) in [5.41, 5.74) is 0.586. The van der Waals surface area contributed by atoms with Crippen LogP contribution in [0.2, 0.25) is 0 Å². The van der Waals surface area contributed by atoms with Crippen molar-refractivity contribution in [3.8, 4) is 5.75 Å². The maximum Gasteiger partial charge on any atom is 0.289 e. The lowest BCUT2D eigenvalue weighted by molar-refractivity contribution is 0.0874. The van der Waals surface area contributed by atoms with Crippen molar-refractivity contribution in [3.05, 3.63) is 29.7 Å². The van der Waals surface area contributed by atoms with Gasteiger partial charge in [-0.2, -0.15) is 5.10 Å². The van der Waals surface area contributed by atoms with Gasteiger partial charge < -0.3 is 19.2 Å². The van der Waals surface area contributed by atoms with Crippen LogP contribution >= 0.6 is 0 Å². The molecule has 0 aliphatic carbocycles. The van der Waals surface area contributed by atoms with Crippen molar-refractivity contribution in [2.24, 2.45) is 7.05 Å². The van der Waals surface area contributed by atoms with Crippen LogP contribution in [0.15, 0.2) is 16.8 Å². The van der Waals surface area contributed by atoms with E-state index in [2.05, 4.69) is 15.4 Å². The first-order valence-corrected chi connectivity index (χ1v) is 7.57. The maximum absolute atomic E-state index is 12.4. The molecule has 1 aliphatic rings. The van der Waals surface area contributed by atoms with Gasteiger partial charge in [-0.25, -0.2) is 4.98 Å². The van der Waals surface area contributed by atoms with E-state index in [1.807, 2.05) is 14.0 Å². The molecular formula is C15H20N4O4. The molecule has 8 heteroatoms. The molecule has 0 bridgehead atoms. The van der Waals surface area contributed by atoms with Crippen LogP contribution < -0.4 is 10.1 Å². The first-order valence-electron chi connectivity index (χ1n) is 7.57. The largest absolute Gasteiger partial charge is 0.482 e. The molecule has 0 aromatic carbocycles. The number of aromatic nitrogens is 3. The van der Waals surface area contributed by atoms with Crippen molar-refractivity contribution >= 4 is 5.91 Å². The molecule has 0 saturated carbocycles. The Morgan fingerprint density at radius 3 is 3.00 bits per heavy atom. The number of amides is 1. The van der Waals surface area contributed by atoms with E-state index >= 15 is 0 Å². The van der Waals surface area contributed by atoms with Gasteiger partial charge in [0.25, 0.3) is 5.91 Å². The fourth-order valence-corrected chi connectivity index (χ4v) is 2.47. The number of nitrogens with zero attached hydrogens (tertiary/aromatic N) is 3. The third-order valence-electron chi connectivity index (χ3n) is 3.66. The first-order chi connectivity index (χ1) is 11.1. The van der Waals surface area contributed by atoms with Crippen LogP contribution in [0.25, 0.3) is 0 Å². The molecule has 1 aliphatic heterocycles. The smallest absolute Gasteiger partial charge is 0.289 e. The summed E-state index contributed by atoms with van der Waals surface area (Å²) < 4.78 is 18.4. The van der Waals surface area contributed by atoms with Crippen LogP contribution in [0.3, 0.4) is 0 Å². The predicted molar refractivity (Wildman–Crippen MR) is 80.3 cm³/mol. The Morgan fingerprint density at radius 2 is 2.35 bits per heavy atom. The van der Waals surface area contributed by atoms with Crippen molar-refractivity contribution in [3.63, 3.8) is 0 Å². The number of aryl methyl sites for hydroxylation is 3. The summed E-state index contributed by atoms with van der Waals surface area (Å²) in [7, 11) is 1.81. The van der Waals surface area contributed by atoms with E-state index in [4.69, 9.17) is 13.9 Å². The number of oxazole rings is 1. The fourth-order valence-electron chi connectivity index (χ4n) is 2.47. The van der Waals surface area contributed by atoms with Crippen LogP contribution in [0.5, 0.6) is 5.75 Å². The topological polar surface area (TPSA) is 91.4 Å². The van der Waals surface area contributed by atoms with Gasteiger partial charge in [0.1, 0.15) is 6.10 Å². The molecule has 8 nitrogen and oxygen atoms in total. The molecule has 1 saturated heterocycles. The summed E-state index contributed by atoms with van der Waals surface area (Å²) in [6.07, 6.45) is 3.78. The molecule has 1 N–H and O–H groups in total. The van der Waals surface area contributed by atoms with Crippen molar-refractivity contribution < 1.29 is 18.7 Å². The van der Waals surface area contributed by atoms with Crippen molar-refractivity contribution in [1.29, 1.82) is 0 Å². The van der Waals surface area contributed by atoms with Crippen LogP contribution in [-0.4, -0.2) is 46.0 Å². The molecule has 2 aromatic heterocycles. The van der Waals surface area contributed by atoms with Crippen LogP contribution in [-0.2, 0) is 18.2 Å². The molecule has 3 rings (SSSR count). The maximum atomic E-state index is 12.4. The minimum Gasteiger partial charge on any atom is -0.482 e. The van der Waals surface area contributed by atoms with E-state index in [0.717, 1.165) is 0 Å². The van der Waals surface area contributed by atoms with Gasteiger partial charge in [-0.05, 0) is 6.92 Å². The first kappa shape index (κ1) is 15.5. The monoisotopic (exact) mass is 320 g/mol. The Hall–Kier alpha value is -2.35. The SMILES string of the molecule is CCc1nc(C)c(C(=O)N[C@H]2COC[C@H]2Oc2cnn(C)c2)o1. The molecule has 3 heterocycles. The highest BCUT2D eigenvalue weighted by Crippen LogP contribution is 2.17. The van der Waals surface area contributed by atoms with E-state index < -0.39 is 0 Å². The summed E-state index contributed by atoms with van der Waals surface area (Å²) in [5, 5.41) is 6.96. The van der Waals surface area contributed by atoms with Gasteiger partial charge >= 0.3 is 0 Å². The molecule has 1 amide bonds. The number of nitrogens with one attached hydrogen (secondary N) is 1. The van der Waals surface area contributed by atoms with Gasteiger partial charge in [0, 0.05) is 13.5 Å². The van der Waals surface area contributed by atoms with E-state index in [1.54, 1.807) is 24.0 Å². The van der Waals surface area contributed by atoms with Gasteiger partial charge in [-0.1, -0.05) is 6.92 Å². The molecule has 0 unspecified atom stereocenters. The van der Waals surface area contributed by atoms with Gasteiger partial charge in [0.05, 0.1) is 37.3 Å². The zero-order chi connectivity index (χ0) is 16.4. The fraction of sp³-hybridized carbons (Fsp3) is 0.533. The molecule has 0 spiro atoms. The third-order valence-corrected chi connectivity index (χ3v) is 3.66. The average molecular weight is 320 g/mol. The lowest BCUT2D eigenvalue weighted by atomic mass is 10.2. The van der Waals surface area contributed by atoms with Crippen LogP contribution in [0, 0.1) is 6.92 Å². The van der Waals surface area contributed by atoms with E-state index in [9.17, 15) is 4.79 Å². The van der Waals surface area contributed by atoms with Crippen LogP contribution in [0.4, 0.5) is 0 Å². The second-order valence-electron chi connectivity index (χ2n) is 5.50. The Labute approximate surface area is 133 Å². The Bertz CT molecular complexity index is 693. The van der Waals surface area contributed by atoms with Gasteiger partial charge in [0.15, 0.2) is 11.6 Å². The quantitative estimate of drug-likeness (QED) is 0.878. The van der Waals surface area contributed by atoms with Crippen molar-refractivity contribution in [2.45, 2.75) is 32.4 Å². The molecule has 2 aromatic rings. The van der Waals surface area contributed by atoms with E-state index in [1.165, 1.54) is 0 Å². The average Bonchev–Trinajstić information content (AvgIpc) is 3.21. The molecular weight excluding hydrogens is 300 g/mol. The molecule has 2 atom stereocenters. The number of rotatable bonds is 5. The number of carbonyl (C=O) groups excluding carboxylic acids is 1. The minimum absolute atomic E-state index is 0.244. The zero-order valence-electron chi connectivity index (χ0n) is 13.4. The van der Waals surface area contributed by atoms with Gasteiger partial charge in [-0.3, -0.25) is 9.48 Å². The molecule has 23 heavy (non-hydrogen) atoms. The highest BCUT2D eigenvalue weighted by Gasteiger charge is 2.33. The summed E-state index contributed by atoms with van der Waals surface area (Å²) in [5.74, 6) is 1.14. The van der Waals surface area contributed by atoms with Crippen molar-refractivity contribution in [1.82, 2.24) is 20.1 Å². The minimum atomic E-state index is -0.301.